The lowest BCUT2D eigenvalue weighted by Gasteiger charge is -1.98. The first-order valence-electron chi connectivity index (χ1n) is 5.80. The first-order valence-corrected chi connectivity index (χ1v) is 6.61. The van der Waals surface area contributed by atoms with Gasteiger partial charge in [-0.3, -0.25) is 0 Å². The maximum Gasteiger partial charge on any atom is 0.335 e. The van der Waals surface area contributed by atoms with Crippen LogP contribution < -0.4 is 0 Å². The summed E-state index contributed by atoms with van der Waals surface area (Å²) in [5, 5.41) is 9.05. The van der Waals surface area contributed by atoms with Crippen LogP contribution in [0.3, 0.4) is 0 Å². The van der Waals surface area contributed by atoms with Crippen LogP contribution in [0.5, 0.6) is 0 Å². The lowest BCUT2D eigenvalue weighted by atomic mass is 10.2. The zero-order valence-electron chi connectivity index (χ0n) is 10.3. The number of hydrogen-bond acceptors (Lipinski definition) is 4. The number of aromatic carboxylic acids is 1. The molecule has 106 valence electrons. The Kier molecular flexibility index (Phi) is 3.34. The summed E-state index contributed by atoms with van der Waals surface area (Å²) >= 11 is 0.896. The monoisotopic (exact) mass is 307 g/mol. The standard InChI is InChI=1S/C14H7F2NO3S/c15-8-2-4-12(9(16)6-8)21-14-17-10-3-1-7(13(18)19)5-11(10)20-14/h1-6H,(H,18,19). The average Bonchev–Trinajstić information content (AvgIpc) is 2.83. The molecular formula is C14H7F2NO3S. The second-order valence-corrected chi connectivity index (χ2v) is 5.14. The third kappa shape index (κ3) is 2.73. The van der Waals surface area contributed by atoms with Crippen LogP contribution in [-0.2, 0) is 0 Å². The fourth-order valence-corrected chi connectivity index (χ4v) is 2.49. The number of carbonyl (C=O) groups is 1. The number of fused-ring (bicyclic) bond motifs is 1. The zero-order chi connectivity index (χ0) is 15.0. The Bertz CT molecular complexity index is 847. The average molecular weight is 307 g/mol. The van der Waals surface area contributed by atoms with E-state index in [0.29, 0.717) is 11.1 Å². The van der Waals surface area contributed by atoms with Crippen LogP contribution in [0.25, 0.3) is 11.1 Å². The Morgan fingerprint density at radius 2 is 2.00 bits per heavy atom. The van der Waals surface area contributed by atoms with Gasteiger partial charge in [0, 0.05) is 6.07 Å². The molecule has 0 radical (unpaired) electrons. The highest BCUT2D eigenvalue weighted by atomic mass is 32.2. The number of carboxylic acid groups (broad SMARTS) is 1. The number of oxazole rings is 1. The van der Waals surface area contributed by atoms with Crippen molar-refractivity contribution < 1.29 is 23.1 Å². The van der Waals surface area contributed by atoms with E-state index in [9.17, 15) is 13.6 Å². The summed E-state index contributed by atoms with van der Waals surface area (Å²) in [6.45, 7) is 0. The van der Waals surface area contributed by atoms with Gasteiger partial charge in [0.2, 0.25) is 0 Å². The van der Waals surface area contributed by atoms with Crippen molar-refractivity contribution in [3.63, 3.8) is 0 Å². The summed E-state index contributed by atoms with van der Waals surface area (Å²) < 4.78 is 31.8. The first-order chi connectivity index (χ1) is 10.0. The number of halogens is 2. The number of hydrogen-bond donors (Lipinski definition) is 1. The van der Waals surface area contributed by atoms with Crippen LogP contribution in [0.2, 0.25) is 0 Å². The molecule has 0 saturated carbocycles. The van der Waals surface area contributed by atoms with E-state index in [0.717, 1.165) is 23.9 Å². The Labute approximate surface area is 121 Å². The maximum atomic E-state index is 13.6. The van der Waals surface area contributed by atoms with Crippen LogP contribution >= 0.6 is 11.8 Å². The predicted molar refractivity (Wildman–Crippen MR) is 71.4 cm³/mol. The third-order valence-corrected chi connectivity index (χ3v) is 3.61. The van der Waals surface area contributed by atoms with Crippen molar-refractivity contribution in [1.82, 2.24) is 4.98 Å². The van der Waals surface area contributed by atoms with E-state index in [2.05, 4.69) is 4.98 Å². The van der Waals surface area contributed by atoms with Crippen molar-refractivity contribution >= 4 is 28.8 Å². The zero-order valence-corrected chi connectivity index (χ0v) is 11.2. The minimum atomic E-state index is -1.08. The van der Waals surface area contributed by atoms with E-state index in [1.165, 1.54) is 24.3 Å². The van der Waals surface area contributed by atoms with Gasteiger partial charge < -0.3 is 9.52 Å². The van der Waals surface area contributed by atoms with Crippen molar-refractivity contribution in [3.05, 3.63) is 53.6 Å². The van der Waals surface area contributed by atoms with Crippen molar-refractivity contribution in [2.24, 2.45) is 0 Å². The molecule has 1 heterocycles. The Morgan fingerprint density at radius 1 is 1.19 bits per heavy atom. The Hall–Kier alpha value is -2.41. The third-order valence-electron chi connectivity index (χ3n) is 2.71. The van der Waals surface area contributed by atoms with Gasteiger partial charge in [-0.15, -0.1) is 0 Å². The normalized spacial score (nSPS) is 11.0. The summed E-state index contributed by atoms with van der Waals surface area (Å²) in [6.07, 6.45) is 0. The summed E-state index contributed by atoms with van der Waals surface area (Å²) in [5.74, 6) is -2.46. The summed E-state index contributed by atoms with van der Waals surface area (Å²) in [4.78, 5) is 15.1. The second-order valence-electron chi connectivity index (χ2n) is 4.14. The maximum absolute atomic E-state index is 13.6. The van der Waals surface area contributed by atoms with Crippen molar-refractivity contribution in [1.29, 1.82) is 0 Å². The Balaban J connectivity index is 1.95. The van der Waals surface area contributed by atoms with E-state index in [1.54, 1.807) is 0 Å². The topological polar surface area (TPSA) is 63.3 Å². The summed E-state index contributed by atoms with van der Waals surface area (Å²) in [6, 6.07) is 7.44. The van der Waals surface area contributed by atoms with Gasteiger partial charge in [0.15, 0.2) is 5.58 Å². The van der Waals surface area contributed by atoms with E-state index in [4.69, 9.17) is 9.52 Å². The fourth-order valence-electron chi connectivity index (χ4n) is 1.73. The quantitative estimate of drug-likeness (QED) is 0.793. The molecule has 21 heavy (non-hydrogen) atoms. The molecule has 0 saturated heterocycles. The number of rotatable bonds is 3. The van der Waals surface area contributed by atoms with Gasteiger partial charge in [0.1, 0.15) is 17.2 Å². The van der Waals surface area contributed by atoms with Crippen LogP contribution in [-0.4, -0.2) is 16.1 Å². The van der Waals surface area contributed by atoms with Crippen LogP contribution in [0.1, 0.15) is 10.4 Å². The Morgan fingerprint density at radius 3 is 2.71 bits per heavy atom. The van der Waals surface area contributed by atoms with Crippen molar-refractivity contribution in [2.75, 3.05) is 0 Å². The highest BCUT2D eigenvalue weighted by Gasteiger charge is 2.13. The molecule has 3 aromatic rings. The molecule has 0 fully saturated rings. The molecule has 0 atom stereocenters. The molecule has 0 unspecified atom stereocenters. The minimum Gasteiger partial charge on any atom is -0.478 e. The minimum absolute atomic E-state index is 0.0724. The molecular weight excluding hydrogens is 300 g/mol. The van der Waals surface area contributed by atoms with Gasteiger partial charge in [-0.25, -0.2) is 18.6 Å². The van der Waals surface area contributed by atoms with Crippen LogP contribution in [0, 0.1) is 11.6 Å². The lowest BCUT2D eigenvalue weighted by molar-refractivity contribution is 0.0697. The summed E-state index contributed by atoms with van der Waals surface area (Å²) in [5.41, 5.74) is 0.827. The highest BCUT2D eigenvalue weighted by Crippen LogP contribution is 2.32. The van der Waals surface area contributed by atoms with E-state index < -0.39 is 17.6 Å². The van der Waals surface area contributed by atoms with Gasteiger partial charge in [-0.2, -0.15) is 0 Å². The molecule has 0 bridgehead atoms. The van der Waals surface area contributed by atoms with E-state index in [-0.39, 0.29) is 15.7 Å². The molecule has 0 aliphatic rings. The van der Waals surface area contributed by atoms with Gasteiger partial charge in [-0.1, -0.05) is 0 Å². The van der Waals surface area contributed by atoms with E-state index >= 15 is 0 Å². The highest BCUT2D eigenvalue weighted by molar-refractivity contribution is 7.99. The van der Waals surface area contributed by atoms with Gasteiger partial charge in [0.05, 0.1) is 10.5 Å². The van der Waals surface area contributed by atoms with Gasteiger partial charge in [-0.05, 0) is 42.1 Å². The SMILES string of the molecule is O=C(O)c1ccc2nc(Sc3ccc(F)cc3F)oc2c1. The first kappa shape index (κ1) is 13.6. The molecule has 0 spiro atoms. The second kappa shape index (κ2) is 5.17. The molecule has 7 heteroatoms. The lowest BCUT2D eigenvalue weighted by Crippen LogP contribution is -1.94. The van der Waals surface area contributed by atoms with Gasteiger partial charge >= 0.3 is 5.97 Å². The molecule has 2 aromatic carbocycles. The summed E-state index contributed by atoms with van der Waals surface area (Å²) in [7, 11) is 0. The molecule has 0 aliphatic carbocycles. The van der Waals surface area contributed by atoms with Gasteiger partial charge in [0.25, 0.3) is 5.22 Å². The predicted octanol–water partition coefficient (Wildman–Crippen LogP) is 3.96. The van der Waals surface area contributed by atoms with Crippen molar-refractivity contribution in [3.8, 4) is 0 Å². The van der Waals surface area contributed by atoms with Crippen LogP contribution in [0.4, 0.5) is 8.78 Å². The smallest absolute Gasteiger partial charge is 0.335 e. The molecule has 0 amide bonds. The molecule has 3 rings (SSSR count). The largest absolute Gasteiger partial charge is 0.478 e. The molecule has 4 nitrogen and oxygen atoms in total. The number of aromatic nitrogens is 1. The van der Waals surface area contributed by atoms with Crippen molar-refractivity contribution in [2.45, 2.75) is 10.1 Å². The molecule has 1 N–H and O–H groups in total. The van der Waals surface area contributed by atoms with E-state index in [1.807, 2.05) is 0 Å². The fraction of sp³-hybridized carbons (Fsp3) is 0. The molecule has 0 aliphatic heterocycles. The number of nitrogens with zero attached hydrogens (tertiary/aromatic N) is 1. The number of carboxylic acids is 1. The number of benzene rings is 2. The van der Waals surface area contributed by atoms with Crippen LogP contribution in [0.15, 0.2) is 50.9 Å². The molecule has 1 aromatic heterocycles.